The molecule has 0 saturated carbocycles. The Kier molecular flexibility index (Phi) is 8.81. The Balaban J connectivity index is 1.81. The highest BCUT2D eigenvalue weighted by molar-refractivity contribution is 5.96. The zero-order valence-corrected chi connectivity index (χ0v) is 16.1. The van der Waals surface area contributed by atoms with E-state index in [0.717, 1.165) is 5.56 Å². The second-order valence-electron chi connectivity index (χ2n) is 6.04. The second-order valence-corrected chi connectivity index (χ2v) is 6.04. The minimum atomic E-state index is -0.459. The average Bonchev–Trinajstić information content (AvgIpc) is 2.77. The fraction of sp³-hybridized carbons (Fsp3) is 0.286. The van der Waals surface area contributed by atoms with Crippen LogP contribution in [0, 0.1) is 0 Å². The molecule has 0 aliphatic heterocycles. The summed E-state index contributed by atoms with van der Waals surface area (Å²) in [6, 6.07) is 13.0. The topological polar surface area (TPSA) is 114 Å². The predicted octanol–water partition coefficient (Wildman–Crippen LogP) is 1.14. The van der Waals surface area contributed by atoms with Gasteiger partial charge in [-0.05, 0) is 42.0 Å². The quantitative estimate of drug-likeness (QED) is 0.407. The number of hydrogen-bond donors (Lipinski definition) is 3. The number of amides is 2. The monoisotopic (exact) mass is 400 g/mol. The summed E-state index contributed by atoms with van der Waals surface area (Å²) in [6.07, 6.45) is 0. The standard InChI is InChI=1S/C21H24N2O6/c1-28-21(27)18-8-6-17(7-9-18)20(26)23-14-15-2-4-16(5-3-15)19(25)22-10-12-29-13-11-24/h2-9,24H,10-14H2,1H3,(H,22,25)(H,23,26). The number of methoxy groups -OCH3 is 1. The van der Waals surface area contributed by atoms with E-state index in [1.807, 2.05) is 0 Å². The SMILES string of the molecule is COC(=O)c1ccc(C(=O)NCc2ccc(C(=O)NCCOCCO)cc2)cc1. The van der Waals surface area contributed by atoms with Gasteiger partial charge in [0.15, 0.2) is 0 Å². The Morgan fingerprint density at radius 2 is 1.38 bits per heavy atom. The van der Waals surface area contributed by atoms with E-state index in [9.17, 15) is 14.4 Å². The zero-order valence-electron chi connectivity index (χ0n) is 16.1. The van der Waals surface area contributed by atoms with Crippen molar-refractivity contribution in [3.63, 3.8) is 0 Å². The smallest absolute Gasteiger partial charge is 0.337 e. The number of hydrogen-bond acceptors (Lipinski definition) is 6. The lowest BCUT2D eigenvalue weighted by molar-refractivity contribution is 0.0600. The first-order valence-corrected chi connectivity index (χ1v) is 9.07. The minimum Gasteiger partial charge on any atom is -0.465 e. The summed E-state index contributed by atoms with van der Waals surface area (Å²) in [5.74, 6) is -0.955. The molecule has 0 unspecified atom stereocenters. The van der Waals surface area contributed by atoms with E-state index >= 15 is 0 Å². The molecule has 8 nitrogen and oxygen atoms in total. The summed E-state index contributed by atoms with van der Waals surface area (Å²) in [5.41, 5.74) is 2.14. The summed E-state index contributed by atoms with van der Waals surface area (Å²) in [5, 5.41) is 14.1. The van der Waals surface area contributed by atoms with Crippen LogP contribution in [-0.4, -0.2) is 56.4 Å². The molecule has 154 valence electrons. The van der Waals surface area contributed by atoms with Crippen LogP contribution in [0.1, 0.15) is 36.6 Å². The van der Waals surface area contributed by atoms with Crippen molar-refractivity contribution in [1.82, 2.24) is 10.6 Å². The van der Waals surface area contributed by atoms with Gasteiger partial charge < -0.3 is 25.2 Å². The summed E-state index contributed by atoms with van der Waals surface area (Å²) in [6.45, 7) is 1.17. The number of ether oxygens (including phenoxy) is 2. The molecular weight excluding hydrogens is 376 g/mol. The molecule has 0 aliphatic carbocycles. The molecule has 0 saturated heterocycles. The van der Waals surface area contributed by atoms with Crippen LogP contribution in [0.2, 0.25) is 0 Å². The lowest BCUT2D eigenvalue weighted by Gasteiger charge is -2.08. The highest BCUT2D eigenvalue weighted by atomic mass is 16.5. The summed E-state index contributed by atoms with van der Waals surface area (Å²) in [4.78, 5) is 35.7. The van der Waals surface area contributed by atoms with Crippen LogP contribution in [0.15, 0.2) is 48.5 Å². The van der Waals surface area contributed by atoms with E-state index in [1.54, 1.807) is 36.4 Å². The molecule has 0 aromatic heterocycles. The van der Waals surface area contributed by atoms with Crippen molar-refractivity contribution in [3.8, 4) is 0 Å². The average molecular weight is 400 g/mol. The molecule has 2 amide bonds. The van der Waals surface area contributed by atoms with Gasteiger partial charge in [-0.2, -0.15) is 0 Å². The van der Waals surface area contributed by atoms with Gasteiger partial charge in [0.25, 0.3) is 11.8 Å². The van der Waals surface area contributed by atoms with Gasteiger partial charge in [-0.3, -0.25) is 9.59 Å². The first kappa shape index (κ1) is 22.1. The van der Waals surface area contributed by atoms with Crippen LogP contribution in [0.25, 0.3) is 0 Å². The second kappa shape index (κ2) is 11.6. The third-order valence-electron chi connectivity index (χ3n) is 4.00. The third-order valence-corrected chi connectivity index (χ3v) is 4.00. The van der Waals surface area contributed by atoms with Gasteiger partial charge in [0.1, 0.15) is 0 Å². The van der Waals surface area contributed by atoms with Gasteiger partial charge >= 0.3 is 5.97 Å². The molecule has 0 spiro atoms. The number of aliphatic hydroxyl groups excluding tert-OH is 1. The number of nitrogens with one attached hydrogen (secondary N) is 2. The first-order valence-electron chi connectivity index (χ1n) is 9.07. The molecule has 8 heteroatoms. The summed E-state index contributed by atoms with van der Waals surface area (Å²) >= 11 is 0. The van der Waals surface area contributed by atoms with Crippen LogP contribution < -0.4 is 10.6 Å². The maximum absolute atomic E-state index is 12.2. The Hall–Kier alpha value is -3.23. The van der Waals surface area contributed by atoms with Gasteiger partial charge in [-0.1, -0.05) is 12.1 Å². The molecule has 0 atom stereocenters. The highest BCUT2D eigenvalue weighted by Crippen LogP contribution is 2.08. The van der Waals surface area contributed by atoms with Crippen molar-refractivity contribution < 1.29 is 29.0 Å². The highest BCUT2D eigenvalue weighted by Gasteiger charge is 2.09. The van der Waals surface area contributed by atoms with Crippen LogP contribution in [-0.2, 0) is 16.0 Å². The molecule has 0 aliphatic rings. The van der Waals surface area contributed by atoms with Gasteiger partial charge in [-0.15, -0.1) is 0 Å². The van der Waals surface area contributed by atoms with E-state index in [1.165, 1.54) is 19.2 Å². The molecular formula is C21H24N2O6. The number of esters is 1. The molecule has 0 fully saturated rings. The molecule has 2 aromatic rings. The van der Waals surface area contributed by atoms with Gasteiger partial charge in [0.05, 0.1) is 32.5 Å². The number of carbonyl (C=O) groups excluding carboxylic acids is 3. The van der Waals surface area contributed by atoms with Gasteiger partial charge in [0.2, 0.25) is 0 Å². The van der Waals surface area contributed by atoms with Crippen molar-refractivity contribution in [3.05, 3.63) is 70.8 Å². The first-order chi connectivity index (χ1) is 14.0. The Bertz CT molecular complexity index is 818. The molecule has 0 heterocycles. The number of aliphatic hydroxyl groups is 1. The van der Waals surface area contributed by atoms with Gasteiger partial charge in [0, 0.05) is 24.2 Å². The molecule has 2 aromatic carbocycles. The lowest BCUT2D eigenvalue weighted by atomic mass is 10.1. The van der Waals surface area contributed by atoms with E-state index in [4.69, 9.17) is 9.84 Å². The molecule has 2 rings (SSSR count). The zero-order chi connectivity index (χ0) is 21.1. The molecule has 0 radical (unpaired) electrons. The maximum Gasteiger partial charge on any atom is 0.337 e. The van der Waals surface area contributed by atoms with Crippen LogP contribution in [0.4, 0.5) is 0 Å². The van der Waals surface area contributed by atoms with Crippen molar-refractivity contribution >= 4 is 17.8 Å². The fourth-order valence-corrected chi connectivity index (χ4v) is 2.44. The van der Waals surface area contributed by atoms with Crippen LogP contribution in [0.5, 0.6) is 0 Å². The predicted molar refractivity (Wildman–Crippen MR) is 106 cm³/mol. The van der Waals surface area contributed by atoms with Crippen molar-refractivity contribution in [2.75, 3.05) is 33.5 Å². The largest absolute Gasteiger partial charge is 0.465 e. The number of rotatable bonds is 10. The van der Waals surface area contributed by atoms with Crippen molar-refractivity contribution in [1.29, 1.82) is 0 Å². The molecule has 0 bridgehead atoms. The van der Waals surface area contributed by atoms with Crippen LogP contribution >= 0.6 is 0 Å². The van der Waals surface area contributed by atoms with E-state index < -0.39 is 5.97 Å². The Morgan fingerprint density at radius 3 is 1.97 bits per heavy atom. The Labute approximate surface area is 168 Å². The van der Waals surface area contributed by atoms with E-state index in [-0.39, 0.29) is 25.0 Å². The fourth-order valence-electron chi connectivity index (χ4n) is 2.44. The number of carbonyl (C=O) groups is 3. The normalized spacial score (nSPS) is 10.3. The Morgan fingerprint density at radius 1 is 0.828 bits per heavy atom. The molecule has 29 heavy (non-hydrogen) atoms. The summed E-state index contributed by atoms with van der Waals surface area (Å²) in [7, 11) is 1.30. The minimum absolute atomic E-state index is 0.0508. The third kappa shape index (κ3) is 7.02. The van der Waals surface area contributed by atoms with Crippen LogP contribution in [0.3, 0.4) is 0 Å². The lowest BCUT2D eigenvalue weighted by Crippen LogP contribution is -2.27. The molecule has 3 N–H and O–H groups in total. The number of benzene rings is 2. The van der Waals surface area contributed by atoms with Crippen molar-refractivity contribution in [2.45, 2.75) is 6.54 Å². The van der Waals surface area contributed by atoms with Crippen molar-refractivity contribution in [2.24, 2.45) is 0 Å². The van der Waals surface area contributed by atoms with E-state index in [0.29, 0.717) is 36.4 Å². The van der Waals surface area contributed by atoms with E-state index in [2.05, 4.69) is 15.4 Å². The maximum atomic E-state index is 12.2. The van der Waals surface area contributed by atoms with Gasteiger partial charge in [-0.25, -0.2) is 4.79 Å². The summed E-state index contributed by atoms with van der Waals surface area (Å²) < 4.78 is 9.70.